The Hall–Kier alpha value is -0.430. The highest BCUT2D eigenvalue weighted by atomic mass is 127. The SMILES string of the molecule is C=C[C@]1(C)C[C@@H](C(I)C(=O)O)[C@@]2(C)[C@@H]3C(=O)CC[C@@]3(CC[C@@H]2C)[C@@H](C)[C@@H]1O. The predicted molar refractivity (Wildman–Crippen MR) is 114 cm³/mol. The van der Waals surface area contributed by atoms with E-state index in [0.29, 0.717) is 12.8 Å². The van der Waals surface area contributed by atoms with Gasteiger partial charge < -0.3 is 10.2 Å². The van der Waals surface area contributed by atoms with Gasteiger partial charge in [-0.05, 0) is 54.3 Å². The number of rotatable bonds is 3. The van der Waals surface area contributed by atoms with Gasteiger partial charge in [0, 0.05) is 17.8 Å². The average molecular weight is 488 g/mol. The number of hydrogen-bond donors (Lipinski definition) is 2. The quantitative estimate of drug-likeness (QED) is 0.349. The zero-order chi connectivity index (χ0) is 20.4. The summed E-state index contributed by atoms with van der Waals surface area (Å²) in [5.41, 5.74) is -1.17. The van der Waals surface area contributed by atoms with Crippen LogP contribution in [-0.4, -0.2) is 32.0 Å². The monoisotopic (exact) mass is 488 g/mol. The number of carboxylic acids is 1. The molecule has 0 aromatic heterocycles. The fraction of sp³-hybridized carbons (Fsp3) is 0.818. The normalized spacial score (nSPS) is 51.0. The zero-order valence-corrected chi connectivity index (χ0v) is 19.0. The average Bonchev–Trinajstić information content (AvgIpc) is 2.98. The maximum atomic E-state index is 13.2. The van der Waals surface area contributed by atoms with Crippen LogP contribution >= 0.6 is 22.6 Å². The van der Waals surface area contributed by atoms with Crippen LogP contribution in [0.1, 0.15) is 59.8 Å². The van der Waals surface area contributed by atoms with Gasteiger partial charge in [-0.15, -0.1) is 6.58 Å². The van der Waals surface area contributed by atoms with E-state index >= 15 is 0 Å². The molecule has 3 aliphatic rings. The van der Waals surface area contributed by atoms with Gasteiger partial charge in [0.15, 0.2) is 0 Å². The number of aliphatic hydroxyl groups excluding tert-OH is 1. The lowest BCUT2D eigenvalue weighted by molar-refractivity contribution is -0.178. The molecule has 5 heteroatoms. The third kappa shape index (κ3) is 2.77. The molecule has 0 aromatic rings. The molecule has 152 valence electrons. The topological polar surface area (TPSA) is 74.6 Å². The van der Waals surface area contributed by atoms with Crippen LogP contribution in [0.15, 0.2) is 12.7 Å². The lowest BCUT2D eigenvalue weighted by atomic mass is 9.42. The van der Waals surface area contributed by atoms with Crippen molar-refractivity contribution in [2.75, 3.05) is 0 Å². The van der Waals surface area contributed by atoms with Gasteiger partial charge in [0.2, 0.25) is 0 Å². The van der Waals surface area contributed by atoms with Crippen molar-refractivity contribution >= 4 is 34.3 Å². The van der Waals surface area contributed by atoms with Crippen molar-refractivity contribution in [3.63, 3.8) is 0 Å². The summed E-state index contributed by atoms with van der Waals surface area (Å²) in [7, 11) is 0. The largest absolute Gasteiger partial charge is 0.480 e. The predicted octanol–water partition coefficient (Wildman–Crippen LogP) is 4.49. The maximum absolute atomic E-state index is 13.2. The number of alkyl halides is 1. The lowest BCUT2D eigenvalue weighted by Crippen LogP contribution is -2.62. The molecule has 9 atom stereocenters. The summed E-state index contributed by atoms with van der Waals surface area (Å²) in [5, 5.41) is 21.3. The van der Waals surface area contributed by atoms with E-state index in [-0.39, 0.29) is 40.3 Å². The van der Waals surface area contributed by atoms with Gasteiger partial charge >= 0.3 is 5.97 Å². The molecule has 3 fully saturated rings. The van der Waals surface area contributed by atoms with Crippen molar-refractivity contribution in [3.05, 3.63) is 12.7 Å². The molecular weight excluding hydrogens is 455 g/mol. The Labute approximate surface area is 176 Å². The van der Waals surface area contributed by atoms with Crippen LogP contribution in [0.5, 0.6) is 0 Å². The van der Waals surface area contributed by atoms with E-state index in [0.717, 1.165) is 19.3 Å². The standard InChI is InChI=1S/C22H33IO4/c1-6-20(4)11-14(16(23)19(26)27)21(5)12(2)7-9-22(13(3)18(20)25)10-8-15(24)17(21)22/h6,12-14,16-18,25H,1,7-11H2,2-5H3,(H,26,27)/t12-,13-,14-,16?,17-,18-,20+,21-,22-/m0/s1. The fourth-order valence-corrected chi connectivity index (χ4v) is 8.10. The van der Waals surface area contributed by atoms with E-state index in [2.05, 4.69) is 27.4 Å². The van der Waals surface area contributed by atoms with Gasteiger partial charge in [0.05, 0.1) is 6.10 Å². The Morgan fingerprint density at radius 3 is 2.52 bits per heavy atom. The Morgan fingerprint density at radius 1 is 1.33 bits per heavy atom. The molecule has 3 aliphatic carbocycles. The molecule has 0 heterocycles. The highest BCUT2D eigenvalue weighted by Gasteiger charge is 2.68. The van der Waals surface area contributed by atoms with Gasteiger partial charge in [-0.25, -0.2) is 0 Å². The van der Waals surface area contributed by atoms with Crippen molar-refractivity contribution in [2.24, 2.45) is 39.9 Å². The second-order valence-electron chi connectivity index (χ2n) is 9.93. The van der Waals surface area contributed by atoms with E-state index < -0.39 is 21.4 Å². The van der Waals surface area contributed by atoms with Gasteiger partial charge in [0.1, 0.15) is 9.71 Å². The molecular formula is C22H33IO4. The number of aliphatic carboxylic acids is 1. The van der Waals surface area contributed by atoms with Crippen molar-refractivity contribution in [2.45, 2.75) is 69.8 Å². The molecule has 3 rings (SSSR count). The van der Waals surface area contributed by atoms with E-state index in [1.807, 2.05) is 35.6 Å². The minimum atomic E-state index is -0.829. The second-order valence-corrected chi connectivity index (χ2v) is 11.3. The number of carbonyl (C=O) groups is 2. The first-order valence-corrected chi connectivity index (χ1v) is 11.4. The minimum absolute atomic E-state index is 0.0118. The zero-order valence-electron chi connectivity index (χ0n) is 16.9. The molecule has 3 saturated carbocycles. The Balaban J connectivity index is 2.27. The van der Waals surface area contributed by atoms with E-state index in [9.17, 15) is 19.8 Å². The number of carbonyl (C=O) groups excluding carboxylic acids is 1. The van der Waals surface area contributed by atoms with E-state index in [1.54, 1.807) is 0 Å². The summed E-state index contributed by atoms with van der Waals surface area (Å²) in [5.74, 6) is -0.635. The second kappa shape index (κ2) is 6.82. The highest BCUT2D eigenvalue weighted by Crippen LogP contribution is 2.69. The van der Waals surface area contributed by atoms with E-state index in [1.165, 1.54) is 0 Å². The van der Waals surface area contributed by atoms with Crippen LogP contribution in [0.25, 0.3) is 0 Å². The first-order valence-electron chi connectivity index (χ1n) is 10.2. The molecule has 0 radical (unpaired) electrons. The molecule has 2 N–H and O–H groups in total. The van der Waals surface area contributed by atoms with Gasteiger partial charge in [-0.3, -0.25) is 9.59 Å². The van der Waals surface area contributed by atoms with Crippen molar-refractivity contribution in [1.82, 2.24) is 0 Å². The molecule has 4 nitrogen and oxygen atoms in total. The molecule has 1 unspecified atom stereocenters. The van der Waals surface area contributed by atoms with E-state index in [4.69, 9.17) is 0 Å². The number of aliphatic hydroxyl groups is 1. The summed E-state index contributed by atoms with van der Waals surface area (Å²) >= 11 is 2.05. The lowest BCUT2D eigenvalue weighted by Gasteiger charge is -2.63. The van der Waals surface area contributed by atoms with Crippen LogP contribution < -0.4 is 0 Å². The van der Waals surface area contributed by atoms with Crippen molar-refractivity contribution < 1.29 is 19.8 Å². The van der Waals surface area contributed by atoms with Crippen LogP contribution in [-0.2, 0) is 9.59 Å². The molecule has 0 saturated heterocycles. The first-order chi connectivity index (χ1) is 12.5. The molecule has 0 spiro atoms. The van der Waals surface area contributed by atoms with Crippen LogP contribution in [0.3, 0.4) is 0 Å². The smallest absolute Gasteiger partial charge is 0.316 e. The Kier molecular flexibility index (Phi) is 5.38. The minimum Gasteiger partial charge on any atom is -0.480 e. The summed E-state index contributed by atoms with van der Waals surface area (Å²) in [4.78, 5) is 25.2. The summed E-state index contributed by atoms with van der Waals surface area (Å²) in [6.07, 6.45) is 5.04. The van der Waals surface area contributed by atoms with Crippen molar-refractivity contribution in [3.8, 4) is 0 Å². The molecule has 27 heavy (non-hydrogen) atoms. The molecule has 2 bridgehead atoms. The summed E-state index contributed by atoms with van der Waals surface area (Å²) in [6.45, 7) is 12.5. The first kappa shape index (κ1) is 21.3. The number of hydrogen-bond acceptors (Lipinski definition) is 3. The fourth-order valence-electron chi connectivity index (χ4n) is 7.07. The third-order valence-corrected chi connectivity index (χ3v) is 10.4. The number of Topliss-reactive ketones (excluding diaryl/α,β-unsaturated/α-hetero) is 1. The van der Waals surface area contributed by atoms with Gasteiger partial charge in [-0.2, -0.15) is 0 Å². The summed E-state index contributed by atoms with van der Waals surface area (Å²) in [6, 6.07) is 0. The number of carboxylic acid groups (broad SMARTS) is 1. The number of ketones is 1. The van der Waals surface area contributed by atoms with Crippen LogP contribution in [0.2, 0.25) is 0 Å². The Bertz CT molecular complexity index is 663. The molecule has 0 aliphatic heterocycles. The van der Waals surface area contributed by atoms with Gasteiger partial charge in [-0.1, -0.05) is 56.4 Å². The molecule has 0 aromatic carbocycles. The molecule has 0 amide bonds. The van der Waals surface area contributed by atoms with Gasteiger partial charge in [0.25, 0.3) is 0 Å². The third-order valence-electron chi connectivity index (χ3n) is 9.03. The number of halogens is 1. The van der Waals surface area contributed by atoms with Crippen LogP contribution in [0.4, 0.5) is 0 Å². The van der Waals surface area contributed by atoms with Crippen molar-refractivity contribution in [1.29, 1.82) is 0 Å². The van der Waals surface area contributed by atoms with Crippen LogP contribution in [0, 0.1) is 39.9 Å². The summed E-state index contributed by atoms with van der Waals surface area (Å²) < 4.78 is -0.598. The highest BCUT2D eigenvalue weighted by molar-refractivity contribution is 14.1. The maximum Gasteiger partial charge on any atom is 0.316 e. The Morgan fingerprint density at radius 2 is 1.96 bits per heavy atom.